The van der Waals surface area contributed by atoms with Crippen LogP contribution in [-0.2, 0) is 12.7 Å². The van der Waals surface area contributed by atoms with Crippen LogP contribution in [-0.4, -0.2) is 17.5 Å². The number of rotatable bonds is 9. The Morgan fingerprint density at radius 1 is 1.56 bits per heavy atom. The van der Waals surface area contributed by atoms with E-state index in [-0.39, 0.29) is 4.11 Å². The molecule has 0 fully saturated rings. The number of hydrogen-bond donors (Lipinski definition) is 1. The van der Waals surface area contributed by atoms with Gasteiger partial charge < -0.3 is 0 Å². The summed E-state index contributed by atoms with van der Waals surface area (Å²) in [6, 6.07) is 0. The second-order valence-corrected chi connectivity index (χ2v) is 5.30. The van der Waals surface area contributed by atoms with Crippen LogP contribution in [0.2, 0.25) is 0 Å². The third-order valence-corrected chi connectivity index (χ3v) is 3.98. The molecule has 94 valence electrons. The number of ether oxygens (including phenoxy) is 1. The third kappa shape index (κ3) is 7.84. The molecule has 16 heavy (non-hydrogen) atoms. The topological polar surface area (TPSA) is 47.6 Å². The van der Waals surface area contributed by atoms with Crippen molar-refractivity contribution in [2.24, 2.45) is 0 Å². The number of allylic oxidation sites excluding steroid dienone is 3. The van der Waals surface area contributed by atoms with E-state index < -0.39 is 21.6 Å². The number of nitrogens with one attached hydrogen (secondary N) is 1. The van der Waals surface area contributed by atoms with Gasteiger partial charge in [-0.15, -0.1) is 0 Å². The quantitative estimate of drug-likeness (QED) is 0.111. The molecule has 0 aliphatic rings. The third-order valence-electron chi connectivity index (χ3n) is 1.77. The van der Waals surface area contributed by atoms with Gasteiger partial charge in [0.1, 0.15) is 0 Å². The van der Waals surface area contributed by atoms with E-state index in [1.165, 1.54) is 0 Å². The van der Waals surface area contributed by atoms with E-state index in [0.29, 0.717) is 5.57 Å². The number of carbonyl (C=O) groups is 1. The Morgan fingerprint density at radius 2 is 2.31 bits per heavy atom. The summed E-state index contributed by atoms with van der Waals surface area (Å²) in [7, 11) is 1.70. The molecule has 4 nitrogen and oxygen atoms in total. The van der Waals surface area contributed by atoms with Crippen molar-refractivity contribution in [1.29, 1.82) is 0 Å². The van der Waals surface area contributed by atoms with Crippen molar-refractivity contribution in [1.82, 2.24) is 5.48 Å². The summed E-state index contributed by atoms with van der Waals surface area (Å²) in [5, 5.41) is 0. The normalized spacial score (nSPS) is 14.3. The number of hydroxylamine groups is 1. The van der Waals surface area contributed by atoms with E-state index in [4.69, 9.17) is 7.90 Å². The molecule has 1 atom stereocenters. The first-order valence-electron chi connectivity index (χ1n) is 5.14. The molecule has 0 aliphatic heterocycles. The maximum atomic E-state index is 10.4. The molecule has 1 N–H and O–H groups in total. The van der Waals surface area contributed by atoms with Crippen LogP contribution < -0.4 is 27.1 Å². The molecule has 0 saturated heterocycles. The molecule has 0 bridgehead atoms. The first-order valence-corrected chi connectivity index (χ1v) is 7.26. The first-order chi connectivity index (χ1) is 7.78. The zero-order valence-electron chi connectivity index (χ0n) is 9.90. The van der Waals surface area contributed by atoms with Gasteiger partial charge in [0.2, 0.25) is 0 Å². The van der Waals surface area contributed by atoms with Gasteiger partial charge in [-0.05, 0) is 0 Å². The molecule has 0 rings (SSSR count). The van der Waals surface area contributed by atoms with Crippen LogP contribution >= 0.6 is 0 Å². The molecule has 0 amide bonds. The number of aldehydes is 1. The molecule has 0 aromatic carbocycles. The van der Waals surface area contributed by atoms with Crippen LogP contribution in [0.25, 0.3) is 0 Å². The van der Waals surface area contributed by atoms with Gasteiger partial charge in [0.05, 0.1) is 0 Å². The fourth-order valence-electron chi connectivity index (χ4n) is 0.861. The molecule has 0 saturated carbocycles. The molecular formula is C11H19INO3-. The van der Waals surface area contributed by atoms with Crippen molar-refractivity contribution in [2.75, 3.05) is 7.11 Å². The van der Waals surface area contributed by atoms with E-state index >= 15 is 0 Å². The zero-order chi connectivity index (χ0) is 12.2. The summed E-state index contributed by atoms with van der Waals surface area (Å²) in [6.07, 6.45) is 7.91. The Hall–Kier alpha value is -0.400. The van der Waals surface area contributed by atoms with Gasteiger partial charge in [-0.3, -0.25) is 0 Å². The van der Waals surface area contributed by atoms with Crippen LogP contribution in [0.5, 0.6) is 0 Å². The van der Waals surface area contributed by atoms with E-state index in [1.54, 1.807) is 25.5 Å². The molecule has 5 heteroatoms. The summed E-state index contributed by atoms with van der Waals surface area (Å²) in [6.45, 7) is 3.93. The Labute approximate surface area is 108 Å². The fourth-order valence-corrected chi connectivity index (χ4v) is 2.52. The number of alkyl halides is 1. The Kier molecular flexibility index (Phi) is 10.8. The molecule has 0 aromatic rings. The standard InChI is InChI=1S/C11H19INO3/c1-4-6-11(15-3)12-16-13-8-7-10(5-2)9-14/h5,7-9,11,13H,4,6H2,1-3H3/q-1/b8-7-,10-5+/t11-/m1/s1. The van der Waals surface area contributed by atoms with Gasteiger partial charge in [0.15, 0.2) is 0 Å². The summed E-state index contributed by atoms with van der Waals surface area (Å²) in [5.74, 6) is 0. The average molecular weight is 340 g/mol. The van der Waals surface area contributed by atoms with E-state index in [1.807, 2.05) is 6.92 Å². The monoisotopic (exact) mass is 340 g/mol. The Morgan fingerprint density at radius 3 is 2.81 bits per heavy atom. The summed E-state index contributed by atoms with van der Waals surface area (Å²) in [4.78, 5) is 10.4. The molecule has 0 radical (unpaired) electrons. The predicted molar refractivity (Wildman–Crippen MR) is 58.9 cm³/mol. The van der Waals surface area contributed by atoms with Gasteiger partial charge in [-0.1, -0.05) is 0 Å². The molecule has 0 heterocycles. The van der Waals surface area contributed by atoms with Crippen molar-refractivity contribution in [3.05, 3.63) is 23.9 Å². The van der Waals surface area contributed by atoms with E-state index in [9.17, 15) is 4.79 Å². The number of methoxy groups -OCH3 is 1. The van der Waals surface area contributed by atoms with Crippen LogP contribution in [0.15, 0.2) is 23.9 Å². The second kappa shape index (κ2) is 11.1. The van der Waals surface area contributed by atoms with Gasteiger partial charge in [0, 0.05) is 0 Å². The Bertz CT molecular complexity index is 241. The Balaban J connectivity index is 3.69. The second-order valence-electron chi connectivity index (χ2n) is 2.96. The van der Waals surface area contributed by atoms with Crippen LogP contribution in [0.3, 0.4) is 0 Å². The first kappa shape index (κ1) is 15.6. The molecule has 0 aliphatic carbocycles. The van der Waals surface area contributed by atoms with E-state index in [2.05, 4.69) is 12.4 Å². The zero-order valence-corrected chi connectivity index (χ0v) is 12.1. The van der Waals surface area contributed by atoms with Crippen molar-refractivity contribution in [2.45, 2.75) is 30.8 Å². The maximum absolute atomic E-state index is 10.4. The van der Waals surface area contributed by atoms with Gasteiger partial charge in [-0.2, -0.15) is 0 Å². The van der Waals surface area contributed by atoms with Crippen molar-refractivity contribution < 1.29 is 34.3 Å². The van der Waals surface area contributed by atoms with Gasteiger partial charge in [-0.25, -0.2) is 0 Å². The van der Waals surface area contributed by atoms with Crippen LogP contribution in [0.1, 0.15) is 26.7 Å². The summed E-state index contributed by atoms with van der Waals surface area (Å²) < 4.78 is 10.8. The molecule has 0 aromatic heterocycles. The van der Waals surface area contributed by atoms with Gasteiger partial charge in [0.25, 0.3) is 0 Å². The number of hydrogen-bond acceptors (Lipinski definition) is 4. The molecule has 0 spiro atoms. The van der Waals surface area contributed by atoms with Crippen molar-refractivity contribution >= 4 is 6.29 Å². The van der Waals surface area contributed by atoms with E-state index in [0.717, 1.165) is 19.1 Å². The number of halogens is 1. The van der Waals surface area contributed by atoms with Crippen LogP contribution in [0.4, 0.5) is 0 Å². The summed E-state index contributed by atoms with van der Waals surface area (Å²) >= 11 is -0.481. The number of carbonyl (C=O) groups excluding carboxylic acids is 1. The summed E-state index contributed by atoms with van der Waals surface area (Å²) in [5.41, 5.74) is 3.31. The predicted octanol–water partition coefficient (Wildman–Crippen LogP) is -1.06. The minimum atomic E-state index is -0.481. The van der Waals surface area contributed by atoms with Crippen molar-refractivity contribution in [3.8, 4) is 0 Å². The minimum absolute atomic E-state index is 0.219. The van der Waals surface area contributed by atoms with Crippen molar-refractivity contribution in [3.63, 3.8) is 0 Å². The fraction of sp³-hybridized carbons (Fsp3) is 0.545. The average Bonchev–Trinajstić information content (AvgIpc) is 2.32. The SMILES string of the molecule is C/C=C(C=O)\C=C/NO[I-][C@@H](CCC)OC. The molecule has 0 unspecified atom stereocenters. The molecular weight excluding hydrogens is 321 g/mol. The van der Waals surface area contributed by atoms with Gasteiger partial charge >= 0.3 is 108 Å². The van der Waals surface area contributed by atoms with Crippen LogP contribution in [0, 0.1) is 0 Å².